The van der Waals surface area contributed by atoms with Crippen LogP contribution >= 0.6 is 0 Å². The average Bonchev–Trinajstić information content (AvgIpc) is 2.67. The number of aliphatic hydroxyl groups excluding tert-OH is 1. The van der Waals surface area contributed by atoms with Crippen LogP contribution < -0.4 is 15.4 Å². The molecule has 0 fully saturated rings. The average molecular weight is 391 g/mol. The third-order valence-corrected chi connectivity index (χ3v) is 4.29. The lowest BCUT2D eigenvalue weighted by atomic mass is 10.0. The molecule has 1 aliphatic rings. The Balaban J connectivity index is 1.82. The number of aliphatic hydroxyl groups is 1. The van der Waals surface area contributed by atoms with E-state index in [-0.39, 0.29) is 31.4 Å². The largest absolute Gasteiger partial charge is 0.497 e. The Morgan fingerprint density at radius 3 is 2.50 bits per heavy atom. The number of methoxy groups -OCH3 is 1. The summed E-state index contributed by atoms with van der Waals surface area (Å²) in [4.78, 5) is 25.9. The molecule has 0 unspecified atom stereocenters. The molecule has 0 radical (unpaired) electrons. The number of rotatable bonds is 9. The van der Waals surface area contributed by atoms with Gasteiger partial charge in [0.05, 0.1) is 38.8 Å². The van der Waals surface area contributed by atoms with Crippen molar-refractivity contribution in [1.29, 1.82) is 0 Å². The first-order chi connectivity index (χ1) is 13.4. The fourth-order valence-electron chi connectivity index (χ4n) is 2.85. The highest BCUT2D eigenvalue weighted by atomic mass is 16.5. The fraction of sp³-hybridized carbons (Fsp3) is 0.500. The minimum absolute atomic E-state index is 0.140. The second kappa shape index (κ2) is 10.8. The van der Waals surface area contributed by atoms with Crippen molar-refractivity contribution in [2.45, 2.75) is 31.2 Å². The Morgan fingerprint density at radius 2 is 1.89 bits per heavy atom. The lowest BCUT2D eigenvalue weighted by Gasteiger charge is -2.32. The van der Waals surface area contributed by atoms with E-state index in [0.29, 0.717) is 6.54 Å². The molecular weight excluding hydrogens is 362 g/mol. The lowest BCUT2D eigenvalue weighted by molar-refractivity contribution is -0.128. The minimum Gasteiger partial charge on any atom is -0.497 e. The van der Waals surface area contributed by atoms with E-state index in [1.54, 1.807) is 38.3 Å². The van der Waals surface area contributed by atoms with Crippen molar-refractivity contribution in [1.82, 2.24) is 15.5 Å². The van der Waals surface area contributed by atoms with Crippen LogP contribution in [0.4, 0.5) is 0 Å². The summed E-state index contributed by atoms with van der Waals surface area (Å²) in [6.45, 7) is 0.410. The number of hydrogen-bond acceptors (Lipinski definition) is 6. The summed E-state index contributed by atoms with van der Waals surface area (Å²) in [6.07, 6.45) is 2.63. The molecule has 0 saturated carbocycles. The molecule has 1 aromatic carbocycles. The smallest absolute Gasteiger partial charge is 0.234 e. The molecule has 28 heavy (non-hydrogen) atoms. The van der Waals surface area contributed by atoms with Crippen molar-refractivity contribution in [3.8, 4) is 5.75 Å². The number of ether oxygens (including phenoxy) is 2. The van der Waals surface area contributed by atoms with Crippen LogP contribution in [0.3, 0.4) is 0 Å². The maximum atomic E-state index is 12.2. The SMILES string of the molecule is COc1ccc(CNC(=O)C[C@@H]2C=C[C@H](NC(=O)CN(C)C)[C@@H](CO)O2)cc1. The Labute approximate surface area is 165 Å². The molecule has 0 saturated heterocycles. The summed E-state index contributed by atoms with van der Waals surface area (Å²) < 4.78 is 10.9. The van der Waals surface area contributed by atoms with Gasteiger partial charge in [-0.2, -0.15) is 0 Å². The summed E-state index contributed by atoms with van der Waals surface area (Å²) in [5.74, 6) is 0.452. The van der Waals surface area contributed by atoms with Crippen LogP contribution in [0.2, 0.25) is 0 Å². The predicted molar refractivity (Wildman–Crippen MR) is 105 cm³/mol. The fourth-order valence-corrected chi connectivity index (χ4v) is 2.85. The topological polar surface area (TPSA) is 100 Å². The normalized spacial score (nSPS) is 21.4. The second-order valence-electron chi connectivity index (χ2n) is 6.94. The molecular formula is C20H29N3O5. The third kappa shape index (κ3) is 6.95. The van der Waals surface area contributed by atoms with Crippen LogP contribution in [0, 0.1) is 0 Å². The number of nitrogens with zero attached hydrogens (tertiary/aromatic N) is 1. The van der Waals surface area contributed by atoms with Gasteiger partial charge in [-0.15, -0.1) is 0 Å². The molecule has 0 spiro atoms. The Kier molecular flexibility index (Phi) is 8.43. The van der Waals surface area contributed by atoms with Gasteiger partial charge in [0.15, 0.2) is 0 Å². The third-order valence-electron chi connectivity index (χ3n) is 4.29. The zero-order chi connectivity index (χ0) is 20.5. The van der Waals surface area contributed by atoms with Crippen molar-refractivity contribution in [3.05, 3.63) is 42.0 Å². The number of amides is 2. The van der Waals surface area contributed by atoms with E-state index in [1.807, 2.05) is 24.3 Å². The maximum absolute atomic E-state index is 12.2. The van der Waals surface area contributed by atoms with Crippen molar-refractivity contribution in [2.24, 2.45) is 0 Å². The van der Waals surface area contributed by atoms with Gasteiger partial charge in [-0.1, -0.05) is 24.3 Å². The van der Waals surface area contributed by atoms with Gasteiger partial charge < -0.3 is 30.1 Å². The molecule has 3 atom stereocenters. The van der Waals surface area contributed by atoms with Gasteiger partial charge >= 0.3 is 0 Å². The number of likely N-dealkylation sites (N-methyl/N-ethyl adjacent to an activating group) is 1. The highest BCUT2D eigenvalue weighted by molar-refractivity contribution is 5.79. The standard InChI is InChI=1S/C20H29N3O5/c1-23(2)12-20(26)22-17-9-8-16(28-18(17)13-24)10-19(25)21-11-14-4-6-15(27-3)7-5-14/h4-9,16-18,24H,10-13H2,1-3H3,(H,21,25)(H,22,26)/t16-,17-,18+/m0/s1. The second-order valence-corrected chi connectivity index (χ2v) is 6.94. The molecule has 8 heteroatoms. The predicted octanol–water partition coefficient (Wildman–Crippen LogP) is 0.0638. The molecule has 0 aromatic heterocycles. The summed E-state index contributed by atoms with van der Waals surface area (Å²) in [6, 6.07) is 7.03. The van der Waals surface area contributed by atoms with Gasteiger partial charge in [-0.3, -0.25) is 9.59 Å². The first kappa shape index (κ1) is 21.9. The van der Waals surface area contributed by atoms with Crippen LogP contribution in [0.1, 0.15) is 12.0 Å². The van der Waals surface area contributed by atoms with Gasteiger partial charge in [0.25, 0.3) is 0 Å². The number of carbonyl (C=O) groups is 2. The number of hydrogen-bond donors (Lipinski definition) is 3. The van der Waals surface area contributed by atoms with E-state index < -0.39 is 18.2 Å². The summed E-state index contributed by atoms with van der Waals surface area (Å²) in [7, 11) is 5.21. The molecule has 2 rings (SSSR count). The van der Waals surface area contributed by atoms with E-state index in [2.05, 4.69) is 10.6 Å². The van der Waals surface area contributed by atoms with Gasteiger partial charge in [0.2, 0.25) is 11.8 Å². The number of benzene rings is 1. The van der Waals surface area contributed by atoms with E-state index >= 15 is 0 Å². The molecule has 0 bridgehead atoms. The Bertz CT molecular complexity index is 675. The van der Waals surface area contributed by atoms with Gasteiger partial charge in [-0.25, -0.2) is 0 Å². The van der Waals surface area contributed by atoms with Crippen LogP contribution in [0.15, 0.2) is 36.4 Å². The molecule has 0 aliphatic carbocycles. The van der Waals surface area contributed by atoms with Crippen LogP contribution in [-0.4, -0.2) is 74.4 Å². The van der Waals surface area contributed by atoms with Crippen LogP contribution in [0.5, 0.6) is 5.75 Å². The van der Waals surface area contributed by atoms with Crippen molar-refractivity contribution in [3.63, 3.8) is 0 Å². The highest BCUT2D eigenvalue weighted by Gasteiger charge is 2.29. The van der Waals surface area contributed by atoms with Gasteiger partial charge in [-0.05, 0) is 31.8 Å². The number of nitrogens with one attached hydrogen (secondary N) is 2. The Morgan fingerprint density at radius 1 is 1.18 bits per heavy atom. The monoisotopic (exact) mass is 391 g/mol. The highest BCUT2D eigenvalue weighted by Crippen LogP contribution is 2.16. The van der Waals surface area contributed by atoms with Crippen molar-refractivity contribution < 1.29 is 24.2 Å². The molecule has 8 nitrogen and oxygen atoms in total. The van der Waals surface area contributed by atoms with E-state index in [0.717, 1.165) is 11.3 Å². The quantitative estimate of drug-likeness (QED) is 0.515. The van der Waals surface area contributed by atoms with E-state index in [9.17, 15) is 14.7 Å². The summed E-state index contributed by atoms with van der Waals surface area (Å²) in [5, 5.41) is 15.2. The first-order valence-electron chi connectivity index (χ1n) is 9.19. The van der Waals surface area contributed by atoms with E-state index in [1.165, 1.54) is 0 Å². The molecule has 3 N–H and O–H groups in total. The van der Waals surface area contributed by atoms with Gasteiger partial charge in [0.1, 0.15) is 11.9 Å². The van der Waals surface area contributed by atoms with Crippen molar-refractivity contribution in [2.75, 3.05) is 34.4 Å². The van der Waals surface area contributed by atoms with Crippen LogP contribution in [-0.2, 0) is 20.9 Å². The molecule has 1 heterocycles. The minimum atomic E-state index is -0.587. The van der Waals surface area contributed by atoms with Gasteiger partial charge in [0, 0.05) is 6.54 Å². The zero-order valence-electron chi connectivity index (χ0n) is 16.6. The molecule has 1 aromatic rings. The Hall–Kier alpha value is -2.42. The summed E-state index contributed by atoms with van der Waals surface area (Å²) in [5.41, 5.74) is 0.964. The van der Waals surface area contributed by atoms with E-state index in [4.69, 9.17) is 9.47 Å². The lowest BCUT2D eigenvalue weighted by Crippen LogP contribution is -2.50. The molecule has 154 valence electrons. The number of carbonyl (C=O) groups excluding carboxylic acids is 2. The molecule has 2 amide bonds. The van der Waals surface area contributed by atoms with Crippen molar-refractivity contribution >= 4 is 11.8 Å². The summed E-state index contributed by atoms with van der Waals surface area (Å²) >= 11 is 0. The zero-order valence-corrected chi connectivity index (χ0v) is 16.6. The maximum Gasteiger partial charge on any atom is 0.234 e. The van der Waals surface area contributed by atoms with Crippen LogP contribution in [0.25, 0.3) is 0 Å². The first-order valence-corrected chi connectivity index (χ1v) is 9.19. The molecule has 1 aliphatic heterocycles.